The Bertz CT molecular complexity index is 500. The molecule has 0 amide bonds. The van der Waals surface area contributed by atoms with E-state index in [1.165, 1.54) is 5.56 Å². The third-order valence-corrected chi connectivity index (χ3v) is 3.05. The molecule has 0 radical (unpaired) electrons. The zero-order chi connectivity index (χ0) is 13.1. The molecule has 0 spiro atoms. The quantitative estimate of drug-likeness (QED) is 0.897. The summed E-state index contributed by atoms with van der Waals surface area (Å²) in [4.78, 5) is 6.48. The van der Waals surface area contributed by atoms with Gasteiger partial charge in [0.2, 0.25) is 0 Å². The van der Waals surface area contributed by atoms with Crippen LogP contribution in [-0.4, -0.2) is 12.0 Å². The number of pyridine rings is 1. The molecule has 0 saturated heterocycles. The normalized spacial score (nSPS) is 12.2. The largest absolute Gasteiger partial charge is 0.343 e. The first-order valence-corrected chi connectivity index (χ1v) is 6.10. The van der Waals surface area contributed by atoms with Crippen molar-refractivity contribution in [2.45, 2.75) is 19.9 Å². The summed E-state index contributed by atoms with van der Waals surface area (Å²) in [5.74, 6) is 0. The SMILES string of the molecule is Cc1ccc(N(C)c2ccc([C@H](C)N)nc2)cc1. The molecule has 2 N–H and O–H groups in total. The highest BCUT2D eigenvalue weighted by Crippen LogP contribution is 2.23. The lowest BCUT2D eigenvalue weighted by Gasteiger charge is -2.19. The molecular weight excluding hydrogens is 222 g/mol. The highest BCUT2D eigenvalue weighted by Gasteiger charge is 2.05. The Labute approximate surface area is 108 Å². The average molecular weight is 241 g/mol. The minimum atomic E-state index is -0.0243. The Balaban J connectivity index is 2.23. The number of aromatic nitrogens is 1. The molecule has 1 aromatic carbocycles. The summed E-state index contributed by atoms with van der Waals surface area (Å²) in [6.45, 7) is 4.02. The monoisotopic (exact) mass is 241 g/mol. The topological polar surface area (TPSA) is 42.1 Å². The summed E-state index contributed by atoms with van der Waals surface area (Å²) in [5.41, 5.74) is 10.2. The van der Waals surface area contributed by atoms with Crippen molar-refractivity contribution in [2.75, 3.05) is 11.9 Å². The number of anilines is 2. The standard InChI is InChI=1S/C15H19N3/c1-11-4-6-13(7-5-11)18(3)14-8-9-15(12(2)16)17-10-14/h4-10,12H,16H2,1-3H3/t12-/m0/s1. The van der Waals surface area contributed by atoms with Crippen molar-refractivity contribution >= 4 is 11.4 Å². The fraction of sp³-hybridized carbons (Fsp3) is 0.267. The van der Waals surface area contributed by atoms with Gasteiger partial charge in [0.1, 0.15) is 0 Å². The molecule has 0 aliphatic rings. The predicted molar refractivity (Wildman–Crippen MR) is 76.1 cm³/mol. The molecule has 94 valence electrons. The van der Waals surface area contributed by atoms with Crippen LogP contribution in [-0.2, 0) is 0 Å². The maximum atomic E-state index is 5.79. The van der Waals surface area contributed by atoms with Crippen molar-refractivity contribution in [1.29, 1.82) is 0 Å². The van der Waals surface area contributed by atoms with Gasteiger partial charge in [-0.1, -0.05) is 17.7 Å². The van der Waals surface area contributed by atoms with E-state index in [1.54, 1.807) is 0 Å². The molecule has 0 bridgehead atoms. The fourth-order valence-corrected chi connectivity index (χ4v) is 1.78. The van der Waals surface area contributed by atoms with Gasteiger partial charge in [0.05, 0.1) is 17.6 Å². The Morgan fingerprint density at radius 3 is 2.17 bits per heavy atom. The van der Waals surface area contributed by atoms with Crippen LogP contribution >= 0.6 is 0 Å². The molecule has 2 aromatic rings. The van der Waals surface area contributed by atoms with Gasteiger partial charge in [-0.15, -0.1) is 0 Å². The summed E-state index contributed by atoms with van der Waals surface area (Å²) in [6.07, 6.45) is 1.86. The van der Waals surface area contributed by atoms with Crippen LogP contribution in [0.25, 0.3) is 0 Å². The van der Waals surface area contributed by atoms with E-state index >= 15 is 0 Å². The number of benzene rings is 1. The molecular formula is C15H19N3. The molecule has 1 heterocycles. The van der Waals surface area contributed by atoms with Crippen LogP contribution in [0.5, 0.6) is 0 Å². The summed E-state index contributed by atoms with van der Waals surface area (Å²) < 4.78 is 0. The van der Waals surface area contributed by atoms with Crippen molar-refractivity contribution in [1.82, 2.24) is 4.98 Å². The van der Waals surface area contributed by atoms with E-state index in [-0.39, 0.29) is 6.04 Å². The van der Waals surface area contributed by atoms with Crippen LogP contribution in [0.15, 0.2) is 42.6 Å². The van der Waals surface area contributed by atoms with E-state index in [4.69, 9.17) is 5.73 Å². The van der Waals surface area contributed by atoms with E-state index in [0.717, 1.165) is 17.1 Å². The Hall–Kier alpha value is -1.87. The molecule has 0 aliphatic heterocycles. The van der Waals surface area contributed by atoms with Crippen molar-refractivity contribution < 1.29 is 0 Å². The minimum absolute atomic E-state index is 0.0243. The molecule has 18 heavy (non-hydrogen) atoms. The van der Waals surface area contributed by atoms with Crippen molar-refractivity contribution in [2.24, 2.45) is 5.73 Å². The van der Waals surface area contributed by atoms with E-state index in [1.807, 2.05) is 32.3 Å². The lowest BCUT2D eigenvalue weighted by molar-refractivity contribution is 0.781. The van der Waals surface area contributed by atoms with Crippen LogP contribution in [0.1, 0.15) is 24.2 Å². The Morgan fingerprint density at radius 2 is 1.67 bits per heavy atom. The second-order valence-electron chi connectivity index (χ2n) is 4.62. The zero-order valence-electron chi connectivity index (χ0n) is 11.1. The van der Waals surface area contributed by atoms with Gasteiger partial charge in [0.25, 0.3) is 0 Å². The number of aryl methyl sites for hydroxylation is 1. The van der Waals surface area contributed by atoms with E-state index in [0.29, 0.717) is 0 Å². The molecule has 1 aromatic heterocycles. The summed E-state index contributed by atoms with van der Waals surface area (Å²) >= 11 is 0. The molecule has 1 atom stereocenters. The van der Waals surface area contributed by atoms with Gasteiger partial charge in [-0.3, -0.25) is 4.98 Å². The number of hydrogen-bond donors (Lipinski definition) is 1. The van der Waals surface area contributed by atoms with E-state index in [9.17, 15) is 0 Å². The second kappa shape index (κ2) is 5.19. The summed E-state index contributed by atoms with van der Waals surface area (Å²) in [7, 11) is 2.03. The maximum absolute atomic E-state index is 5.79. The number of rotatable bonds is 3. The Kier molecular flexibility index (Phi) is 3.63. The maximum Gasteiger partial charge on any atom is 0.0594 e. The summed E-state index contributed by atoms with van der Waals surface area (Å²) in [6, 6.07) is 12.4. The third-order valence-electron chi connectivity index (χ3n) is 3.05. The summed E-state index contributed by atoms with van der Waals surface area (Å²) in [5, 5.41) is 0. The molecule has 3 heteroatoms. The number of nitrogens with zero attached hydrogens (tertiary/aromatic N) is 2. The van der Waals surface area contributed by atoms with Gasteiger partial charge in [0, 0.05) is 18.8 Å². The first kappa shape index (κ1) is 12.6. The van der Waals surface area contributed by atoms with Gasteiger partial charge in [-0.2, -0.15) is 0 Å². The smallest absolute Gasteiger partial charge is 0.0594 e. The predicted octanol–water partition coefficient (Wildman–Crippen LogP) is 3.18. The van der Waals surface area contributed by atoms with Gasteiger partial charge in [0.15, 0.2) is 0 Å². The van der Waals surface area contributed by atoms with Gasteiger partial charge in [-0.05, 0) is 38.1 Å². The second-order valence-corrected chi connectivity index (χ2v) is 4.62. The molecule has 3 nitrogen and oxygen atoms in total. The lowest BCUT2D eigenvalue weighted by atomic mass is 10.2. The van der Waals surface area contributed by atoms with Crippen LogP contribution in [0.2, 0.25) is 0 Å². The van der Waals surface area contributed by atoms with Crippen molar-refractivity contribution in [3.63, 3.8) is 0 Å². The average Bonchev–Trinajstić information content (AvgIpc) is 2.39. The first-order chi connectivity index (χ1) is 8.58. The van der Waals surface area contributed by atoms with E-state index in [2.05, 4.69) is 41.1 Å². The molecule has 0 fully saturated rings. The van der Waals surface area contributed by atoms with Crippen LogP contribution < -0.4 is 10.6 Å². The van der Waals surface area contributed by atoms with Crippen molar-refractivity contribution in [3.05, 3.63) is 53.9 Å². The minimum Gasteiger partial charge on any atom is -0.343 e. The number of nitrogens with two attached hydrogens (primary N) is 1. The lowest BCUT2D eigenvalue weighted by Crippen LogP contribution is -2.11. The molecule has 0 unspecified atom stereocenters. The highest BCUT2D eigenvalue weighted by molar-refractivity contribution is 5.61. The zero-order valence-corrected chi connectivity index (χ0v) is 11.1. The van der Waals surface area contributed by atoms with Crippen LogP contribution in [0.4, 0.5) is 11.4 Å². The van der Waals surface area contributed by atoms with Gasteiger partial charge in [-0.25, -0.2) is 0 Å². The van der Waals surface area contributed by atoms with Gasteiger partial charge < -0.3 is 10.6 Å². The molecule has 0 saturated carbocycles. The molecule has 2 rings (SSSR count). The van der Waals surface area contributed by atoms with Crippen LogP contribution in [0, 0.1) is 6.92 Å². The fourth-order valence-electron chi connectivity index (χ4n) is 1.78. The third kappa shape index (κ3) is 2.68. The first-order valence-electron chi connectivity index (χ1n) is 6.10. The Morgan fingerprint density at radius 1 is 1.06 bits per heavy atom. The van der Waals surface area contributed by atoms with E-state index < -0.39 is 0 Å². The molecule has 0 aliphatic carbocycles. The number of hydrogen-bond acceptors (Lipinski definition) is 3. The van der Waals surface area contributed by atoms with Crippen molar-refractivity contribution in [3.8, 4) is 0 Å². The van der Waals surface area contributed by atoms with Gasteiger partial charge >= 0.3 is 0 Å². The highest BCUT2D eigenvalue weighted by atomic mass is 15.1. The van der Waals surface area contributed by atoms with Crippen LogP contribution in [0.3, 0.4) is 0 Å².